The minimum Gasteiger partial charge on any atom is -0.237 e. The van der Waals surface area contributed by atoms with Crippen LogP contribution >= 0.6 is 0 Å². The van der Waals surface area contributed by atoms with Gasteiger partial charge in [0.15, 0.2) is 5.54 Å². The average molecular weight is 138 g/mol. The van der Waals surface area contributed by atoms with Gasteiger partial charge >= 0.3 is 0 Å². The van der Waals surface area contributed by atoms with E-state index in [9.17, 15) is 0 Å². The molecule has 10 heavy (non-hydrogen) atoms. The van der Waals surface area contributed by atoms with Gasteiger partial charge in [-0.3, -0.25) is 0 Å². The van der Waals surface area contributed by atoms with Crippen LogP contribution in [-0.4, -0.2) is 23.4 Å². The number of piperidine rings is 1. The quantitative estimate of drug-likeness (QED) is 0.448. The highest BCUT2D eigenvalue weighted by Gasteiger charge is 2.54. The van der Waals surface area contributed by atoms with Crippen LogP contribution in [0.1, 0.15) is 32.6 Å². The molecular formula is C9H16N+. The number of hydrogen-bond donors (Lipinski definition) is 0. The molecule has 1 saturated heterocycles. The molecule has 2 fully saturated rings. The Kier molecular flexibility index (Phi) is 1.17. The maximum Gasteiger partial charge on any atom is 0.162 e. The molecule has 1 unspecified atom stereocenters. The van der Waals surface area contributed by atoms with E-state index in [1.807, 2.05) is 0 Å². The number of rotatable bonds is 0. The van der Waals surface area contributed by atoms with E-state index >= 15 is 0 Å². The van der Waals surface area contributed by atoms with Crippen molar-refractivity contribution in [3.63, 3.8) is 0 Å². The van der Waals surface area contributed by atoms with Gasteiger partial charge in [0, 0.05) is 25.7 Å². The molecule has 1 aliphatic carbocycles. The molecule has 1 atom stereocenters. The summed E-state index contributed by atoms with van der Waals surface area (Å²) in [6.45, 7) is 7.67. The molecule has 1 heteroatoms. The van der Waals surface area contributed by atoms with Crippen LogP contribution in [0.15, 0.2) is 0 Å². The first-order chi connectivity index (χ1) is 4.73. The summed E-state index contributed by atoms with van der Waals surface area (Å²) in [5.74, 6) is 0.945. The minimum atomic E-state index is 0.581. The van der Waals surface area contributed by atoms with Gasteiger partial charge in [-0.1, -0.05) is 6.92 Å². The van der Waals surface area contributed by atoms with Crippen LogP contribution in [0.25, 0.3) is 0 Å². The van der Waals surface area contributed by atoms with Crippen molar-refractivity contribution in [1.29, 1.82) is 0 Å². The van der Waals surface area contributed by atoms with Crippen molar-refractivity contribution in [3.05, 3.63) is 0 Å². The van der Waals surface area contributed by atoms with Crippen LogP contribution in [0.2, 0.25) is 0 Å². The molecule has 1 saturated carbocycles. The molecule has 0 aromatic heterocycles. The van der Waals surface area contributed by atoms with E-state index in [1.54, 1.807) is 0 Å². The van der Waals surface area contributed by atoms with Crippen molar-refractivity contribution in [2.75, 3.05) is 6.54 Å². The summed E-state index contributed by atoms with van der Waals surface area (Å²) in [5, 5.41) is 0. The molecule has 0 radical (unpaired) electrons. The van der Waals surface area contributed by atoms with Crippen LogP contribution < -0.4 is 0 Å². The number of hydrogen-bond acceptors (Lipinski definition) is 0. The van der Waals surface area contributed by atoms with Crippen LogP contribution in [0.3, 0.4) is 0 Å². The first-order valence-corrected chi connectivity index (χ1v) is 4.31. The van der Waals surface area contributed by atoms with Crippen molar-refractivity contribution in [3.8, 4) is 0 Å². The van der Waals surface area contributed by atoms with E-state index in [1.165, 1.54) is 32.2 Å². The average Bonchev–Trinajstić information content (AvgIpc) is 2.62. The zero-order valence-electron chi connectivity index (χ0n) is 6.77. The topological polar surface area (TPSA) is 3.01 Å². The highest BCUT2D eigenvalue weighted by atomic mass is 15.1. The lowest BCUT2D eigenvalue weighted by Gasteiger charge is -2.23. The summed E-state index contributed by atoms with van der Waals surface area (Å²) in [6, 6.07) is 0. The second-order valence-electron chi connectivity index (χ2n) is 4.09. The Labute approximate surface area is 62.8 Å². The van der Waals surface area contributed by atoms with Crippen molar-refractivity contribution in [1.82, 2.24) is 0 Å². The zero-order valence-corrected chi connectivity index (χ0v) is 6.77. The monoisotopic (exact) mass is 138 g/mol. The van der Waals surface area contributed by atoms with Crippen molar-refractivity contribution in [2.24, 2.45) is 5.92 Å². The fourth-order valence-electron chi connectivity index (χ4n) is 2.16. The molecule has 0 aromatic carbocycles. The van der Waals surface area contributed by atoms with Gasteiger partial charge in [-0.15, -0.1) is 0 Å². The van der Waals surface area contributed by atoms with Crippen LogP contribution in [0.5, 0.6) is 0 Å². The Hall–Kier alpha value is -0.330. The Morgan fingerprint density at radius 2 is 2.20 bits per heavy atom. The summed E-state index contributed by atoms with van der Waals surface area (Å²) < 4.78 is 2.33. The SMILES string of the molecule is C=[N+]1CCC(C)CC12CC2. The zero-order chi connectivity index (χ0) is 7.19. The van der Waals surface area contributed by atoms with Crippen molar-refractivity contribution in [2.45, 2.75) is 38.1 Å². The van der Waals surface area contributed by atoms with Crippen LogP contribution in [-0.2, 0) is 0 Å². The highest BCUT2D eigenvalue weighted by Crippen LogP contribution is 2.47. The Morgan fingerprint density at radius 1 is 1.50 bits per heavy atom. The molecule has 2 aliphatic rings. The summed E-state index contributed by atoms with van der Waals surface area (Å²) in [5.41, 5.74) is 0.581. The molecule has 1 heterocycles. The summed E-state index contributed by atoms with van der Waals surface area (Å²) in [4.78, 5) is 0. The lowest BCUT2D eigenvalue weighted by molar-refractivity contribution is -0.587. The predicted octanol–water partition coefficient (Wildman–Crippen LogP) is 1.66. The fourth-order valence-corrected chi connectivity index (χ4v) is 2.16. The third-order valence-corrected chi connectivity index (χ3v) is 3.12. The Morgan fingerprint density at radius 3 is 2.70 bits per heavy atom. The van der Waals surface area contributed by atoms with Crippen LogP contribution in [0.4, 0.5) is 0 Å². The first kappa shape index (κ1) is 6.38. The van der Waals surface area contributed by atoms with E-state index in [-0.39, 0.29) is 0 Å². The molecule has 0 N–H and O–H groups in total. The van der Waals surface area contributed by atoms with Crippen molar-refractivity contribution < 1.29 is 4.58 Å². The van der Waals surface area contributed by atoms with Gasteiger partial charge in [-0.05, 0) is 5.92 Å². The maximum atomic E-state index is 4.08. The fraction of sp³-hybridized carbons (Fsp3) is 0.889. The van der Waals surface area contributed by atoms with Crippen molar-refractivity contribution >= 4 is 6.72 Å². The molecule has 1 nitrogen and oxygen atoms in total. The lowest BCUT2D eigenvalue weighted by Crippen LogP contribution is -2.35. The molecule has 56 valence electrons. The molecule has 0 aromatic rings. The van der Waals surface area contributed by atoms with E-state index in [4.69, 9.17) is 0 Å². The third kappa shape index (κ3) is 0.799. The van der Waals surface area contributed by atoms with Gasteiger partial charge in [-0.25, -0.2) is 4.58 Å². The molecule has 1 spiro atoms. The van der Waals surface area contributed by atoms with E-state index in [0.29, 0.717) is 5.54 Å². The lowest BCUT2D eigenvalue weighted by atomic mass is 9.92. The summed E-state index contributed by atoms with van der Waals surface area (Å²) in [6.07, 6.45) is 5.56. The second kappa shape index (κ2) is 1.84. The van der Waals surface area contributed by atoms with E-state index < -0.39 is 0 Å². The molecule has 1 aliphatic heterocycles. The smallest absolute Gasteiger partial charge is 0.162 e. The standard InChI is InChI=1S/C9H16N/c1-8-3-6-10(2)9(7-8)4-5-9/h8H,2-7H2,1H3/q+1. The van der Waals surface area contributed by atoms with Gasteiger partial charge < -0.3 is 0 Å². The summed E-state index contributed by atoms with van der Waals surface area (Å²) >= 11 is 0. The maximum absolute atomic E-state index is 4.08. The van der Waals surface area contributed by atoms with Gasteiger partial charge in [0.05, 0.1) is 0 Å². The van der Waals surface area contributed by atoms with Crippen LogP contribution in [0, 0.1) is 5.92 Å². The highest BCUT2D eigenvalue weighted by molar-refractivity contribution is 5.18. The second-order valence-corrected chi connectivity index (χ2v) is 4.09. The van der Waals surface area contributed by atoms with E-state index in [2.05, 4.69) is 18.2 Å². The van der Waals surface area contributed by atoms with E-state index in [0.717, 1.165) is 5.92 Å². The minimum absolute atomic E-state index is 0.581. The third-order valence-electron chi connectivity index (χ3n) is 3.12. The van der Waals surface area contributed by atoms with Gasteiger partial charge in [0.25, 0.3) is 0 Å². The summed E-state index contributed by atoms with van der Waals surface area (Å²) in [7, 11) is 0. The molecular weight excluding hydrogens is 122 g/mol. The molecule has 0 bridgehead atoms. The first-order valence-electron chi connectivity index (χ1n) is 4.31. The van der Waals surface area contributed by atoms with Gasteiger partial charge in [-0.2, -0.15) is 0 Å². The van der Waals surface area contributed by atoms with Gasteiger partial charge in [0.2, 0.25) is 0 Å². The largest absolute Gasteiger partial charge is 0.237 e. The molecule has 0 amide bonds. The predicted molar refractivity (Wildman–Crippen MR) is 42.6 cm³/mol. The normalized spacial score (nSPS) is 36.5. The molecule has 2 rings (SSSR count). The Bertz CT molecular complexity index is 168. The van der Waals surface area contributed by atoms with Gasteiger partial charge in [0.1, 0.15) is 13.3 Å². The number of nitrogens with zero attached hydrogens (tertiary/aromatic N) is 1. The Balaban J connectivity index is 2.10.